The first-order valence-electron chi connectivity index (χ1n) is 9.00. The molecule has 2 heterocycles. The van der Waals surface area contributed by atoms with Gasteiger partial charge in [-0.25, -0.2) is 4.39 Å². The zero-order chi connectivity index (χ0) is 21.0. The van der Waals surface area contributed by atoms with E-state index in [0.29, 0.717) is 24.7 Å². The number of ether oxygens (including phenoxy) is 3. The highest BCUT2D eigenvalue weighted by atomic mass is 35.5. The Morgan fingerprint density at radius 3 is 2.86 bits per heavy atom. The first kappa shape index (κ1) is 21.3. The monoisotopic (exact) mass is 420 g/mol. The highest BCUT2D eigenvalue weighted by Gasteiger charge is 2.31. The van der Waals surface area contributed by atoms with Gasteiger partial charge in [-0.3, -0.25) is 0 Å². The van der Waals surface area contributed by atoms with Gasteiger partial charge in [0.1, 0.15) is 34.8 Å². The molecule has 1 aromatic heterocycles. The number of hydrogen-bond acceptors (Lipinski definition) is 7. The zero-order valence-electron chi connectivity index (χ0n) is 15.9. The average Bonchev–Trinajstić information content (AvgIpc) is 3.04. The lowest BCUT2D eigenvalue weighted by Crippen LogP contribution is -2.31. The van der Waals surface area contributed by atoms with Gasteiger partial charge >= 0.3 is 7.12 Å². The van der Waals surface area contributed by atoms with Crippen molar-refractivity contribution in [3.05, 3.63) is 40.2 Å². The highest BCUT2D eigenvalue weighted by Crippen LogP contribution is 2.33. The quantitative estimate of drug-likeness (QED) is 0.518. The number of benzene rings is 1. The number of nitrogens with zero attached hydrogens (tertiary/aromatic N) is 2. The Balaban J connectivity index is 1.76. The molecule has 0 aliphatic carbocycles. The van der Waals surface area contributed by atoms with E-state index in [1.54, 1.807) is 0 Å². The molecule has 0 fully saturated rings. The van der Waals surface area contributed by atoms with Gasteiger partial charge in [0.25, 0.3) is 0 Å². The molecule has 152 valence electrons. The molecule has 1 aliphatic heterocycles. The molecule has 3 rings (SSSR count). The third-order valence-electron chi connectivity index (χ3n) is 3.99. The fourth-order valence-corrected chi connectivity index (χ4v) is 2.89. The number of halogens is 2. The minimum Gasteiger partial charge on any atom is -0.474 e. The lowest BCUT2D eigenvalue weighted by atomic mass is 9.79. The summed E-state index contributed by atoms with van der Waals surface area (Å²) in [5.74, 6) is -0.129. The Bertz CT molecular complexity index is 938. The third-order valence-corrected chi connectivity index (χ3v) is 4.26. The third kappa shape index (κ3) is 5.16. The summed E-state index contributed by atoms with van der Waals surface area (Å²) in [6.07, 6.45) is 0. The van der Waals surface area contributed by atoms with Crippen molar-refractivity contribution >= 4 is 24.2 Å². The molecule has 0 spiro atoms. The van der Waals surface area contributed by atoms with Gasteiger partial charge < -0.3 is 23.9 Å². The summed E-state index contributed by atoms with van der Waals surface area (Å²) >= 11 is 6.15. The lowest BCUT2D eigenvalue weighted by Gasteiger charge is -2.12. The Morgan fingerprint density at radius 1 is 1.34 bits per heavy atom. The molecule has 7 nitrogen and oxygen atoms in total. The van der Waals surface area contributed by atoms with Crippen molar-refractivity contribution in [2.45, 2.75) is 20.5 Å². The maximum Gasteiger partial charge on any atom is 0.494 e. The van der Waals surface area contributed by atoms with Crippen LogP contribution in [0.25, 0.3) is 0 Å². The minimum absolute atomic E-state index is 0.0393. The molecule has 0 saturated carbocycles. The van der Waals surface area contributed by atoms with Gasteiger partial charge in [0.2, 0.25) is 11.8 Å². The van der Waals surface area contributed by atoms with Crippen molar-refractivity contribution in [2.24, 2.45) is 5.92 Å². The summed E-state index contributed by atoms with van der Waals surface area (Å²) in [5.41, 5.74) is 0.695. The smallest absolute Gasteiger partial charge is 0.474 e. The fraction of sp³-hybridized carbons (Fsp3) is 0.368. The summed E-state index contributed by atoms with van der Waals surface area (Å²) in [6.45, 7) is 5.25. The number of fused-ring (bicyclic) bond motifs is 1. The van der Waals surface area contributed by atoms with Crippen LogP contribution < -0.4 is 14.9 Å². The summed E-state index contributed by atoms with van der Waals surface area (Å²) in [7, 11) is -1.30. The molecular weight excluding hydrogens is 401 g/mol. The molecule has 0 atom stereocenters. The van der Waals surface area contributed by atoms with Crippen LogP contribution >= 0.6 is 11.6 Å². The van der Waals surface area contributed by atoms with E-state index in [9.17, 15) is 14.7 Å². The second kappa shape index (κ2) is 9.42. The molecule has 1 aliphatic rings. The van der Waals surface area contributed by atoms with Crippen molar-refractivity contribution in [1.29, 1.82) is 5.26 Å². The van der Waals surface area contributed by atoms with Gasteiger partial charge in [-0.1, -0.05) is 25.4 Å². The maximum atomic E-state index is 14.2. The van der Waals surface area contributed by atoms with E-state index in [-0.39, 0.29) is 46.8 Å². The topological polar surface area (TPSA) is 93.8 Å². The molecule has 1 N–H and O–H groups in total. The van der Waals surface area contributed by atoms with Crippen LogP contribution in [-0.4, -0.2) is 36.9 Å². The second-order valence-electron chi connectivity index (χ2n) is 6.80. The molecule has 0 amide bonds. The number of aromatic nitrogens is 1. The van der Waals surface area contributed by atoms with Crippen LogP contribution in [0.1, 0.15) is 25.0 Å². The Hall–Kier alpha value is -2.38. The fourth-order valence-electron chi connectivity index (χ4n) is 2.70. The van der Waals surface area contributed by atoms with Gasteiger partial charge in [-0.2, -0.15) is 10.2 Å². The van der Waals surface area contributed by atoms with Crippen LogP contribution in [0, 0.1) is 23.1 Å². The predicted octanol–water partition coefficient (Wildman–Crippen LogP) is 2.81. The van der Waals surface area contributed by atoms with Crippen molar-refractivity contribution < 1.29 is 28.3 Å². The zero-order valence-corrected chi connectivity index (χ0v) is 16.7. The summed E-state index contributed by atoms with van der Waals surface area (Å²) in [6, 6.07) is 5.97. The molecular formula is C19H19BClFN2O5. The lowest BCUT2D eigenvalue weighted by molar-refractivity contribution is 0.0804. The molecule has 2 aromatic rings. The number of hydrogen-bond donors (Lipinski definition) is 1. The van der Waals surface area contributed by atoms with Crippen LogP contribution in [0.15, 0.2) is 18.2 Å². The van der Waals surface area contributed by atoms with Crippen LogP contribution in [-0.2, 0) is 16.0 Å². The molecule has 0 unspecified atom stereocenters. The molecule has 0 radical (unpaired) electrons. The number of rotatable bonds is 8. The molecule has 0 saturated heterocycles. The Labute approximate surface area is 173 Å². The first-order valence-corrected chi connectivity index (χ1v) is 9.37. The molecule has 29 heavy (non-hydrogen) atoms. The summed E-state index contributed by atoms with van der Waals surface area (Å²) in [4.78, 5) is 4.15. The van der Waals surface area contributed by atoms with Gasteiger partial charge in [0.15, 0.2) is 0 Å². The highest BCUT2D eigenvalue weighted by molar-refractivity contribution is 6.61. The minimum atomic E-state index is -1.30. The number of nitriles is 1. The van der Waals surface area contributed by atoms with E-state index < -0.39 is 12.9 Å². The number of pyridine rings is 1. The van der Waals surface area contributed by atoms with Crippen LogP contribution in [0.2, 0.25) is 5.02 Å². The van der Waals surface area contributed by atoms with E-state index in [1.165, 1.54) is 12.1 Å². The molecule has 0 bridgehead atoms. The van der Waals surface area contributed by atoms with Crippen molar-refractivity contribution in [2.75, 3.05) is 19.8 Å². The van der Waals surface area contributed by atoms with Gasteiger partial charge in [-0.05, 0) is 23.6 Å². The van der Waals surface area contributed by atoms with Crippen molar-refractivity contribution in [3.63, 3.8) is 0 Å². The van der Waals surface area contributed by atoms with Crippen molar-refractivity contribution in [3.8, 4) is 23.6 Å². The van der Waals surface area contributed by atoms with Gasteiger partial charge in [-0.15, -0.1) is 0 Å². The molecule has 1 aromatic carbocycles. The largest absolute Gasteiger partial charge is 0.494 e. The second-order valence-corrected chi connectivity index (χ2v) is 7.21. The van der Waals surface area contributed by atoms with E-state index in [4.69, 9.17) is 30.5 Å². The first-order chi connectivity index (χ1) is 13.9. The van der Waals surface area contributed by atoms with Crippen LogP contribution in [0.5, 0.6) is 17.5 Å². The van der Waals surface area contributed by atoms with E-state index in [1.807, 2.05) is 19.9 Å². The molecule has 10 heteroatoms. The summed E-state index contributed by atoms with van der Waals surface area (Å²) in [5, 5.41) is 19.0. The summed E-state index contributed by atoms with van der Waals surface area (Å²) < 4.78 is 35.8. The maximum absolute atomic E-state index is 14.2. The van der Waals surface area contributed by atoms with E-state index in [0.717, 1.165) is 6.07 Å². The SMILES string of the molecule is CC(C)COCCOc1nc(Oc2cc(F)c3c(c2)COB3O)c(Cl)cc1C#N. The van der Waals surface area contributed by atoms with Gasteiger partial charge in [0.05, 0.1) is 13.2 Å². The van der Waals surface area contributed by atoms with Crippen molar-refractivity contribution in [1.82, 2.24) is 4.98 Å². The van der Waals surface area contributed by atoms with E-state index >= 15 is 0 Å². The normalized spacial score (nSPS) is 12.8. The Morgan fingerprint density at radius 2 is 2.14 bits per heavy atom. The van der Waals surface area contributed by atoms with E-state index in [2.05, 4.69) is 4.98 Å². The van der Waals surface area contributed by atoms with Gasteiger partial charge in [0, 0.05) is 18.1 Å². The predicted molar refractivity (Wildman–Crippen MR) is 104 cm³/mol. The van der Waals surface area contributed by atoms with Crippen LogP contribution in [0.4, 0.5) is 4.39 Å². The van der Waals surface area contributed by atoms with Crippen LogP contribution in [0.3, 0.4) is 0 Å². The average molecular weight is 421 g/mol. The Kier molecular flexibility index (Phi) is 6.93. The standard InChI is InChI=1S/C19H19BClFN2O5/c1-11(2)9-26-3-4-27-18-12(8-23)6-15(21)19(24-18)29-14-5-13-10-28-20(25)17(13)16(22)7-14/h5-7,11,25H,3-4,9-10H2,1-2H3.